The molecule has 0 heterocycles. The number of hydrogen-bond donors (Lipinski definition) is 0. The van der Waals surface area contributed by atoms with Crippen molar-refractivity contribution in [2.75, 3.05) is 32.5 Å². The molecule has 4 heteroatoms. The summed E-state index contributed by atoms with van der Waals surface area (Å²) in [7, 11) is 1.44. The number of rotatable bonds is 8. The third-order valence-electron chi connectivity index (χ3n) is 3.00. The maximum absolute atomic E-state index is 11.1. The van der Waals surface area contributed by atoms with Crippen molar-refractivity contribution in [2.45, 2.75) is 25.2 Å². The van der Waals surface area contributed by atoms with E-state index in [2.05, 4.69) is 47.7 Å². The summed E-state index contributed by atoms with van der Waals surface area (Å²) in [6.07, 6.45) is 0.472. The first-order valence-corrected chi connectivity index (χ1v) is 7.63. The number of benzene rings is 1. The van der Waals surface area contributed by atoms with Crippen molar-refractivity contribution in [2.24, 2.45) is 0 Å². The van der Waals surface area contributed by atoms with Gasteiger partial charge in [0, 0.05) is 23.7 Å². The SMILES string of the molecule is CCN(CCSc1ccc(C)cc1)CCC(=O)OC. The maximum Gasteiger partial charge on any atom is 0.306 e. The lowest BCUT2D eigenvalue weighted by molar-refractivity contribution is -0.140. The van der Waals surface area contributed by atoms with Gasteiger partial charge in [0.25, 0.3) is 0 Å². The summed E-state index contributed by atoms with van der Waals surface area (Å²) in [5, 5.41) is 0. The van der Waals surface area contributed by atoms with Crippen molar-refractivity contribution in [3.05, 3.63) is 29.8 Å². The standard InChI is InChI=1S/C15H23NO2S/c1-4-16(10-9-15(17)18-3)11-12-19-14-7-5-13(2)6-8-14/h5-8H,4,9-12H2,1-3H3. The lowest BCUT2D eigenvalue weighted by Crippen LogP contribution is -2.28. The molecule has 0 unspecified atom stereocenters. The maximum atomic E-state index is 11.1. The molecule has 0 radical (unpaired) electrons. The van der Waals surface area contributed by atoms with Gasteiger partial charge in [0.15, 0.2) is 0 Å². The fourth-order valence-electron chi connectivity index (χ4n) is 1.71. The number of carbonyl (C=O) groups excluding carboxylic acids is 1. The number of methoxy groups -OCH3 is 1. The second kappa shape index (κ2) is 8.99. The summed E-state index contributed by atoms with van der Waals surface area (Å²) < 4.78 is 4.66. The highest BCUT2D eigenvalue weighted by Gasteiger charge is 2.06. The van der Waals surface area contributed by atoms with E-state index in [0.29, 0.717) is 6.42 Å². The molecule has 0 N–H and O–H groups in total. The molecule has 0 atom stereocenters. The van der Waals surface area contributed by atoms with Crippen LogP contribution in [0.25, 0.3) is 0 Å². The Balaban J connectivity index is 2.25. The number of nitrogens with zero attached hydrogens (tertiary/aromatic N) is 1. The van der Waals surface area contributed by atoms with Crippen molar-refractivity contribution in [1.82, 2.24) is 4.90 Å². The van der Waals surface area contributed by atoms with Crippen LogP contribution in [0.4, 0.5) is 0 Å². The molecule has 1 rings (SSSR count). The van der Waals surface area contributed by atoms with Crippen LogP contribution in [0.3, 0.4) is 0 Å². The number of carbonyl (C=O) groups is 1. The van der Waals surface area contributed by atoms with Crippen molar-refractivity contribution < 1.29 is 9.53 Å². The second-order valence-electron chi connectivity index (χ2n) is 4.42. The summed E-state index contributed by atoms with van der Waals surface area (Å²) in [5.74, 6) is 0.905. The minimum Gasteiger partial charge on any atom is -0.469 e. The van der Waals surface area contributed by atoms with Crippen molar-refractivity contribution in [3.8, 4) is 0 Å². The van der Waals surface area contributed by atoms with Crippen LogP contribution < -0.4 is 0 Å². The molecule has 106 valence electrons. The minimum atomic E-state index is -0.135. The number of hydrogen-bond acceptors (Lipinski definition) is 4. The van der Waals surface area contributed by atoms with Crippen LogP contribution in [0, 0.1) is 6.92 Å². The molecule has 0 bridgehead atoms. The fourth-order valence-corrected chi connectivity index (χ4v) is 2.62. The highest BCUT2D eigenvalue weighted by atomic mass is 32.2. The van der Waals surface area contributed by atoms with Crippen molar-refractivity contribution in [3.63, 3.8) is 0 Å². The molecule has 0 saturated heterocycles. The number of esters is 1. The van der Waals surface area contributed by atoms with Gasteiger partial charge in [0.1, 0.15) is 0 Å². The first-order chi connectivity index (χ1) is 9.15. The van der Waals surface area contributed by atoms with Crippen LogP contribution in [0.2, 0.25) is 0 Å². The van der Waals surface area contributed by atoms with Gasteiger partial charge in [-0.15, -0.1) is 11.8 Å². The smallest absolute Gasteiger partial charge is 0.306 e. The van der Waals surface area contributed by atoms with Gasteiger partial charge >= 0.3 is 5.97 Å². The highest BCUT2D eigenvalue weighted by molar-refractivity contribution is 7.99. The van der Waals surface area contributed by atoms with Crippen LogP contribution in [-0.2, 0) is 9.53 Å². The van der Waals surface area contributed by atoms with E-state index in [9.17, 15) is 4.79 Å². The topological polar surface area (TPSA) is 29.5 Å². The van der Waals surface area contributed by atoms with Crippen LogP contribution in [-0.4, -0.2) is 43.4 Å². The second-order valence-corrected chi connectivity index (χ2v) is 5.59. The zero-order valence-corrected chi connectivity index (χ0v) is 12.8. The average Bonchev–Trinajstić information content (AvgIpc) is 2.44. The van der Waals surface area contributed by atoms with Crippen LogP contribution in [0.5, 0.6) is 0 Å². The first-order valence-electron chi connectivity index (χ1n) is 6.64. The van der Waals surface area contributed by atoms with Gasteiger partial charge in [-0.1, -0.05) is 24.6 Å². The van der Waals surface area contributed by atoms with Gasteiger partial charge in [-0.05, 0) is 25.6 Å². The zero-order valence-electron chi connectivity index (χ0n) is 12.0. The van der Waals surface area contributed by atoms with Crippen LogP contribution in [0.1, 0.15) is 18.9 Å². The van der Waals surface area contributed by atoms with Gasteiger partial charge < -0.3 is 9.64 Å². The number of aryl methyl sites for hydroxylation is 1. The molecule has 0 aliphatic heterocycles. The van der Waals surface area contributed by atoms with E-state index in [4.69, 9.17) is 0 Å². The molecular formula is C15H23NO2S. The summed E-state index contributed by atoms with van der Waals surface area (Å²) >= 11 is 1.85. The summed E-state index contributed by atoms with van der Waals surface area (Å²) in [6, 6.07) is 8.59. The molecule has 0 fully saturated rings. The van der Waals surface area contributed by atoms with Crippen molar-refractivity contribution >= 4 is 17.7 Å². The summed E-state index contributed by atoms with van der Waals surface area (Å²) in [6.45, 7) is 6.95. The molecule has 3 nitrogen and oxygen atoms in total. The quantitative estimate of drug-likeness (QED) is 0.541. The molecule has 0 amide bonds. The monoisotopic (exact) mass is 281 g/mol. The molecule has 1 aromatic carbocycles. The van der Waals surface area contributed by atoms with Gasteiger partial charge in [0.2, 0.25) is 0 Å². The van der Waals surface area contributed by atoms with Gasteiger partial charge in [-0.25, -0.2) is 0 Å². The Labute approximate surface area is 120 Å². The molecule has 0 aliphatic rings. The Morgan fingerprint density at radius 3 is 2.53 bits per heavy atom. The summed E-state index contributed by atoms with van der Waals surface area (Å²) in [5.41, 5.74) is 1.29. The van der Waals surface area contributed by atoms with Crippen LogP contribution >= 0.6 is 11.8 Å². The van der Waals surface area contributed by atoms with E-state index in [1.54, 1.807) is 0 Å². The zero-order chi connectivity index (χ0) is 14.1. The third kappa shape index (κ3) is 6.64. The highest BCUT2D eigenvalue weighted by Crippen LogP contribution is 2.18. The van der Waals surface area contributed by atoms with E-state index in [1.165, 1.54) is 17.6 Å². The normalized spacial score (nSPS) is 10.7. The molecule has 0 aromatic heterocycles. The molecule has 19 heavy (non-hydrogen) atoms. The average molecular weight is 281 g/mol. The van der Waals surface area contributed by atoms with E-state index >= 15 is 0 Å². The fraction of sp³-hybridized carbons (Fsp3) is 0.533. The minimum absolute atomic E-state index is 0.135. The Kier molecular flexibility index (Phi) is 7.60. The lowest BCUT2D eigenvalue weighted by Gasteiger charge is -2.19. The number of ether oxygens (including phenoxy) is 1. The molecule has 0 aliphatic carbocycles. The van der Waals surface area contributed by atoms with Crippen LogP contribution in [0.15, 0.2) is 29.2 Å². The predicted molar refractivity (Wildman–Crippen MR) is 80.7 cm³/mol. The van der Waals surface area contributed by atoms with Gasteiger partial charge in [0.05, 0.1) is 13.5 Å². The van der Waals surface area contributed by atoms with Crippen molar-refractivity contribution in [1.29, 1.82) is 0 Å². The lowest BCUT2D eigenvalue weighted by atomic mass is 10.2. The molecular weight excluding hydrogens is 258 g/mol. The third-order valence-corrected chi connectivity index (χ3v) is 4.00. The number of thioether (sulfide) groups is 1. The Bertz CT molecular complexity index is 378. The molecule has 1 aromatic rings. The van der Waals surface area contributed by atoms with E-state index in [0.717, 1.165) is 25.4 Å². The van der Waals surface area contributed by atoms with E-state index in [1.807, 2.05) is 11.8 Å². The molecule has 0 spiro atoms. The first kappa shape index (κ1) is 16.1. The predicted octanol–water partition coefficient (Wildman–Crippen LogP) is 2.97. The van der Waals surface area contributed by atoms with E-state index < -0.39 is 0 Å². The van der Waals surface area contributed by atoms with Gasteiger partial charge in [-0.2, -0.15) is 0 Å². The largest absolute Gasteiger partial charge is 0.469 e. The van der Waals surface area contributed by atoms with Gasteiger partial charge in [-0.3, -0.25) is 4.79 Å². The Morgan fingerprint density at radius 2 is 1.95 bits per heavy atom. The van der Waals surface area contributed by atoms with E-state index in [-0.39, 0.29) is 5.97 Å². The summed E-state index contributed by atoms with van der Waals surface area (Å²) in [4.78, 5) is 14.7. The Hall–Kier alpha value is -1.00. The molecule has 0 saturated carbocycles. The Morgan fingerprint density at radius 1 is 1.26 bits per heavy atom.